The zero-order valence-electron chi connectivity index (χ0n) is 14.7. The predicted molar refractivity (Wildman–Crippen MR) is 96.2 cm³/mol. The van der Waals surface area contributed by atoms with Crippen LogP contribution in [0.5, 0.6) is 0 Å². The molecule has 25 heavy (non-hydrogen) atoms. The standard InChI is InChI=1S/C20H25N3O2/c1-22-13-18(19(21-22)16-6-3-2-4-7-16)20(24)23-10-11-25-14-17(12-23)15-8-5-9-15/h2-4,6-7,13,15,17H,5,8-12,14H2,1H3. The third-order valence-corrected chi connectivity index (χ3v) is 5.50. The summed E-state index contributed by atoms with van der Waals surface area (Å²) in [4.78, 5) is 15.2. The second-order valence-corrected chi connectivity index (χ2v) is 7.21. The molecule has 5 nitrogen and oxygen atoms in total. The second kappa shape index (κ2) is 7.00. The Morgan fingerprint density at radius 3 is 2.72 bits per heavy atom. The number of ether oxygens (including phenoxy) is 1. The summed E-state index contributed by atoms with van der Waals surface area (Å²) < 4.78 is 7.52. The summed E-state index contributed by atoms with van der Waals surface area (Å²) in [6, 6.07) is 9.93. The maximum atomic E-state index is 13.3. The molecule has 1 aliphatic carbocycles. The molecule has 2 heterocycles. The number of amides is 1. The number of carbonyl (C=O) groups is 1. The van der Waals surface area contributed by atoms with E-state index in [9.17, 15) is 4.79 Å². The molecule has 1 amide bonds. The molecule has 1 aromatic heterocycles. The molecule has 2 aliphatic rings. The molecule has 4 rings (SSSR count). The Morgan fingerprint density at radius 2 is 2.00 bits per heavy atom. The minimum absolute atomic E-state index is 0.0711. The lowest BCUT2D eigenvalue weighted by Crippen LogP contribution is -2.39. The first-order valence-corrected chi connectivity index (χ1v) is 9.18. The molecule has 1 aliphatic heterocycles. The van der Waals surface area contributed by atoms with E-state index in [-0.39, 0.29) is 5.91 Å². The van der Waals surface area contributed by atoms with Crippen LogP contribution in [-0.2, 0) is 11.8 Å². The van der Waals surface area contributed by atoms with Crippen LogP contribution >= 0.6 is 0 Å². The van der Waals surface area contributed by atoms with Gasteiger partial charge in [0, 0.05) is 37.8 Å². The summed E-state index contributed by atoms with van der Waals surface area (Å²) >= 11 is 0. The van der Waals surface area contributed by atoms with E-state index in [0.717, 1.165) is 30.3 Å². The summed E-state index contributed by atoms with van der Waals surface area (Å²) in [6.07, 6.45) is 5.71. The molecule has 132 valence electrons. The van der Waals surface area contributed by atoms with Crippen molar-refractivity contribution in [2.75, 3.05) is 26.3 Å². The zero-order valence-corrected chi connectivity index (χ0v) is 14.7. The van der Waals surface area contributed by atoms with Gasteiger partial charge in [0.05, 0.1) is 18.8 Å². The molecule has 0 bridgehead atoms. The van der Waals surface area contributed by atoms with Crippen molar-refractivity contribution in [2.24, 2.45) is 18.9 Å². The van der Waals surface area contributed by atoms with Gasteiger partial charge in [0.1, 0.15) is 5.69 Å². The van der Waals surface area contributed by atoms with E-state index in [1.54, 1.807) is 4.68 Å². The smallest absolute Gasteiger partial charge is 0.257 e. The van der Waals surface area contributed by atoms with E-state index in [1.165, 1.54) is 19.3 Å². The van der Waals surface area contributed by atoms with Crippen LogP contribution in [0.3, 0.4) is 0 Å². The Labute approximate surface area is 148 Å². The Morgan fingerprint density at radius 1 is 1.20 bits per heavy atom. The maximum absolute atomic E-state index is 13.3. The van der Waals surface area contributed by atoms with Gasteiger partial charge >= 0.3 is 0 Å². The van der Waals surface area contributed by atoms with Crippen molar-refractivity contribution in [3.05, 3.63) is 42.1 Å². The third kappa shape index (κ3) is 3.33. The Hall–Kier alpha value is -2.14. The van der Waals surface area contributed by atoms with E-state index < -0.39 is 0 Å². The molecule has 1 saturated carbocycles. The van der Waals surface area contributed by atoms with Crippen molar-refractivity contribution in [1.29, 1.82) is 0 Å². The van der Waals surface area contributed by atoms with Gasteiger partial charge in [0.15, 0.2) is 0 Å². The highest BCUT2D eigenvalue weighted by Gasteiger charge is 2.33. The van der Waals surface area contributed by atoms with Crippen molar-refractivity contribution in [3.63, 3.8) is 0 Å². The lowest BCUT2D eigenvalue weighted by molar-refractivity contribution is 0.0688. The Bertz CT molecular complexity index is 737. The fourth-order valence-corrected chi connectivity index (χ4v) is 3.84. The fraction of sp³-hybridized carbons (Fsp3) is 0.500. The molecule has 1 unspecified atom stereocenters. The molecule has 1 aromatic carbocycles. The summed E-state index contributed by atoms with van der Waals surface area (Å²) in [5.74, 6) is 1.26. The van der Waals surface area contributed by atoms with Gasteiger partial charge in [0.2, 0.25) is 0 Å². The fourth-order valence-electron chi connectivity index (χ4n) is 3.84. The lowest BCUT2D eigenvalue weighted by atomic mass is 9.76. The van der Waals surface area contributed by atoms with Gasteiger partial charge in [-0.1, -0.05) is 49.6 Å². The number of aromatic nitrogens is 2. The maximum Gasteiger partial charge on any atom is 0.257 e. The molecule has 1 atom stereocenters. The van der Waals surface area contributed by atoms with Crippen LogP contribution in [0.4, 0.5) is 0 Å². The van der Waals surface area contributed by atoms with Crippen molar-refractivity contribution in [3.8, 4) is 11.3 Å². The van der Waals surface area contributed by atoms with Gasteiger partial charge in [-0.2, -0.15) is 5.10 Å². The van der Waals surface area contributed by atoms with Crippen molar-refractivity contribution in [1.82, 2.24) is 14.7 Å². The highest BCUT2D eigenvalue weighted by Crippen LogP contribution is 2.35. The molecule has 5 heteroatoms. The van der Waals surface area contributed by atoms with E-state index in [4.69, 9.17) is 4.74 Å². The van der Waals surface area contributed by atoms with Crippen molar-refractivity contribution in [2.45, 2.75) is 19.3 Å². The quantitative estimate of drug-likeness (QED) is 0.864. The first-order chi connectivity index (χ1) is 12.2. The molecule has 0 spiro atoms. The lowest BCUT2D eigenvalue weighted by Gasteiger charge is -2.34. The number of rotatable bonds is 3. The first-order valence-electron chi connectivity index (χ1n) is 9.18. The number of benzene rings is 1. The van der Waals surface area contributed by atoms with Crippen molar-refractivity contribution < 1.29 is 9.53 Å². The van der Waals surface area contributed by atoms with Gasteiger partial charge in [-0.15, -0.1) is 0 Å². The first kappa shape index (κ1) is 16.3. The van der Waals surface area contributed by atoms with Gasteiger partial charge in [-0.05, 0) is 5.92 Å². The van der Waals surface area contributed by atoms with E-state index in [1.807, 2.05) is 48.5 Å². The Kier molecular flexibility index (Phi) is 4.57. The highest BCUT2D eigenvalue weighted by atomic mass is 16.5. The number of hydrogen-bond donors (Lipinski definition) is 0. The normalized spacial score (nSPS) is 21.6. The average Bonchev–Trinajstić information content (AvgIpc) is 2.81. The largest absolute Gasteiger partial charge is 0.379 e. The van der Waals surface area contributed by atoms with Gasteiger partial charge in [0.25, 0.3) is 5.91 Å². The third-order valence-electron chi connectivity index (χ3n) is 5.50. The van der Waals surface area contributed by atoms with Crippen LogP contribution in [0.15, 0.2) is 36.5 Å². The van der Waals surface area contributed by atoms with E-state index >= 15 is 0 Å². The van der Waals surface area contributed by atoms with Gasteiger partial charge < -0.3 is 9.64 Å². The minimum atomic E-state index is 0.0711. The highest BCUT2D eigenvalue weighted by molar-refractivity contribution is 5.99. The summed E-state index contributed by atoms with van der Waals surface area (Å²) in [5, 5.41) is 4.54. The molecule has 2 aromatic rings. The summed E-state index contributed by atoms with van der Waals surface area (Å²) in [7, 11) is 1.87. The monoisotopic (exact) mass is 339 g/mol. The molecule has 0 N–H and O–H groups in total. The van der Waals surface area contributed by atoms with E-state index in [2.05, 4.69) is 5.10 Å². The summed E-state index contributed by atoms with van der Waals surface area (Å²) in [5.41, 5.74) is 2.43. The molecule has 0 radical (unpaired) electrons. The topological polar surface area (TPSA) is 47.4 Å². The zero-order chi connectivity index (χ0) is 17.2. The molecule has 2 fully saturated rings. The van der Waals surface area contributed by atoms with Gasteiger partial charge in [-0.3, -0.25) is 9.48 Å². The summed E-state index contributed by atoms with van der Waals surface area (Å²) in [6.45, 7) is 2.86. The van der Waals surface area contributed by atoms with Crippen LogP contribution in [-0.4, -0.2) is 46.9 Å². The van der Waals surface area contributed by atoms with Gasteiger partial charge in [-0.25, -0.2) is 0 Å². The number of aryl methyl sites for hydroxylation is 1. The number of hydrogen-bond acceptors (Lipinski definition) is 3. The van der Waals surface area contributed by atoms with Crippen LogP contribution in [0.1, 0.15) is 29.6 Å². The molecule has 1 saturated heterocycles. The molecular weight excluding hydrogens is 314 g/mol. The van der Waals surface area contributed by atoms with E-state index in [0.29, 0.717) is 24.6 Å². The predicted octanol–water partition coefficient (Wildman–Crippen LogP) is 2.98. The van der Waals surface area contributed by atoms with Crippen LogP contribution in [0, 0.1) is 11.8 Å². The minimum Gasteiger partial charge on any atom is -0.379 e. The second-order valence-electron chi connectivity index (χ2n) is 7.21. The van der Waals surface area contributed by atoms with Crippen molar-refractivity contribution >= 4 is 5.91 Å². The number of nitrogens with zero attached hydrogens (tertiary/aromatic N) is 3. The molecular formula is C20H25N3O2. The van der Waals surface area contributed by atoms with Crippen LogP contribution in [0.25, 0.3) is 11.3 Å². The Balaban J connectivity index is 1.59. The van der Waals surface area contributed by atoms with Crippen LogP contribution < -0.4 is 0 Å². The number of carbonyl (C=O) groups excluding carboxylic acids is 1. The SMILES string of the molecule is Cn1cc(C(=O)N2CCOCC(C3CCC3)C2)c(-c2ccccc2)n1. The van der Waals surface area contributed by atoms with Crippen LogP contribution in [0.2, 0.25) is 0 Å². The average molecular weight is 339 g/mol.